The molecule has 0 spiro atoms. The van der Waals surface area contributed by atoms with Crippen molar-refractivity contribution in [1.29, 1.82) is 0 Å². The van der Waals surface area contributed by atoms with Crippen molar-refractivity contribution in [1.82, 2.24) is 25.1 Å². The third-order valence-electron chi connectivity index (χ3n) is 6.25. The Bertz CT molecular complexity index is 1020. The number of nitrogens with zero attached hydrogens (tertiary/aromatic N) is 4. The Hall–Kier alpha value is -3.24. The van der Waals surface area contributed by atoms with Crippen LogP contribution in [0.25, 0.3) is 0 Å². The zero-order valence-electron chi connectivity index (χ0n) is 22.0. The van der Waals surface area contributed by atoms with Crippen molar-refractivity contribution in [3.63, 3.8) is 0 Å². The Labute approximate surface area is 213 Å². The van der Waals surface area contributed by atoms with Crippen LogP contribution in [0.3, 0.4) is 0 Å². The Balaban J connectivity index is 1.91. The molecule has 2 aromatic rings. The van der Waals surface area contributed by atoms with Crippen LogP contribution in [0.2, 0.25) is 0 Å². The summed E-state index contributed by atoms with van der Waals surface area (Å²) in [7, 11) is 3.43. The second-order valence-corrected chi connectivity index (χ2v) is 9.74. The molecule has 0 unspecified atom stereocenters. The summed E-state index contributed by atoms with van der Waals surface area (Å²) in [5, 5.41) is 5.58. The largest absolute Gasteiger partial charge is 0.491 e. The second kappa shape index (κ2) is 12.6. The Kier molecular flexibility index (Phi) is 9.60. The fourth-order valence-electron chi connectivity index (χ4n) is 4.23. The molecule has 36 heavy (non-hydrogen) atoms. The number of nitrogens with one attached hydrogen (secondary N) is 2. The Morgan fingerprint density at radius 1 is 1.22 bits per heavy atom. The molecule has 1 aromatic carbocycles. The lowest BCUT2D eigenvalue weighted by molar-refractivity contribution is 0.00918. The molecule has 10 nitrogen and oxygen atoms in total. The smallest absolute Gasteiger partial charge is 0.319 e. The van der Waals surface area contributed by atoms with Gasteiger partial charge in [-0.05, 0) is 44.9 Å². The van der Waals surface area contributed by atoms with E-state index in [4.69, 9.17) is 9.47 Å². The predicted octanol–water partition coefficient (Wildman–Crippen LogP) is 3.01. The highest BCUT2D eigenvalue weighted by Crippen LogP contribution is 2.26. The molecule has 0 saturated heterocycles. The Morgan fingerprint density at radius 2 is 1.94 bits per heavy atom. The minimum absolute atomic E-state index is 0.00904. The van der Waals surface area contributed by atoms with Crippen LogP contribution in [0, 0.1) is 5.92 Å². The van der Waals surface area contributed by atoms with Crippen LogP contribution in [0.1, 0.15) is 43.6 Å². The van der Waals surface area contributed by atoms with Gasteiger partial charge >= 0.3 is 6.03 Å². The number of ether oxygens (including phenoxy) is 2. The van der Waals surface area contributed by atoms with E-state index >= 15 is 0 Å². The molecule has 1 aromatic heterocycles. The first-order chi connectivity index (χ1) is 17.2. The highest BCUT2D eigenvalue weighted by Gasteiger charge is 2.28. The molecule has 3 amide bonds. The summed E-state index contributed by atoms with van der Waals surface area (Å²) in [5.41, 5.74) is 1.92. The molecule has 2 heterocycles. The molecule has 0 bridgehead atoms. The monoisotopic (exact) mass is 498 g/mol. The molecular weight excluding hydrogens is 460 g/mol. The minimum atomic E-state index is -0.331. The average Bonchev–Trinajstić information content (AvgIpc) is 2.84. The van der Waals surface area contributed by atoms with Gasteiger partial charge in [0.15, 0.2) is 0 Å². The van der Waals surface area contributed by atoms with Gasteiger partial charge in [0, 0.05) is 69.5 Å². The summed E-state index contributed by atoms with van der Waals surface area (Å²) in [6.07, 6.45) is 5.00. The van der Waals surface area contributed by atoms with E-state index in [2.05, 4.69) is 39.3 Å². The van der Waals surface area contributed by atoms with Crippen LogP contribution < -0.4 is 15.4 Å². The summed E-state index contributed by atoms with van der Waals surface area (Å²) < 4.78 is 12.0. The van der Waals surface area contributed by atoms with Gasteiger partial charge in [-0.3, -0.25) is 9.69 Å². The fourth-order valence-corrected chi connectivity index (χ4v) is 4.23. The van der Waals surface area contributed by atoms with Crippen molar-refractivity contribution in [3.05, 3.63) is 48.0 Å². The molecule has 0 aliphatic carbocycles. The van der Waals surface area contributed by atoms with E-state index in [0.29, 0.717) is 36.7 Å². The zero-order chi connectivity index (χ0) is 26.2. The standard InChI is InChI=1S/C26H38N6O4/c1-17(2)29-26(34)30-21-7-8-23-22(9-21)25(33)31(5)14-24(35-6)18(3)12-32(19(4)15-36-23)13-20-10-27-16-28-11-20/h7-11,16-19,24H,12-15H2,1-6H3,(H2,29,30,34)/t18-,19+,24+/m1/s1. The summed E-state index contributed by atoms with van der Waals surface area (Å²) in [6, 6.07) is 4.83. The van der Waals surface area contributed by atoms with Crippen LogP contribution in [-0.4, -0.2) is 83.7 Å². The number of hydrogen-bond acceptors (Lipinski definition) is 7. The molecule has 0 fully saturated rings. The number of urea groups is 1. The number of amides is 3. The fraction of sp³-hybridized carbons (Fsp3) is 0.538. The van der Waals surface area contributed by atoms with Crippen molar-refractivity contribution in [2.45, 2.75) is 52.4 Å². The van der Waals surface area contributed by atoms with Crippen LogP contribution in [-0.2, 0) is 11.3 Å². The van der Waals surface area contributed by atoms with Crippen LogP contribution in [0.4, 0.5) is 10.5 Å². The molecule has 3 atom stereocenters. The molecule has 2 N–H and O–H groups in total. The van der Waals surface area contributed by atoms with E-state index < -0.39 is 0 Å². The number of benzene rings is 1. The molecule has 1 aliphatic heterocycles. The van der Waals surface area contributed by atoms with Crippen LogP contribution in [0.15, 0.2) is 36.9 Å². The zero-order valence-corrected chi connectivity index (χ0v) is 22.0. The summed E-state index contributed by atoms with van der Waals surface area (Å²) in [5.74, 6) is 0.418. The lowest BCUT2D eigenvalue weighted by atomic mass is 10.0. The first-order valence-corrected chi connectivity index (χ1v) is 12.3. The number of carbonyl (C=O) groups excluding carboxylic acids is 2. The highest BCUT2D eigenvalue weighted by molar-refractivity contribution is 5.99. The molecule has 1 aliphatic rings. The minimum Gasteiger partial charge on any atom is -0.491 e. The summed E-state index contributed by atoms with van der Waals surface area (Å²) >= 11 is 0. The maximum absolute atomic E-state index is 13.5. The van der Waals surface area contributed by atoms with E-state index in [1.165, 1.54) is 6.33 Å². The molecular formula is C26H38N6O4. The molecule has 0 saturated carbocycles. The second-order valence-electron chi connectivity index (χ2n) is 9.74. The quantitative estimate of drug-likeness (QED) is 0.652. The van der Waals surface area contributed by atoms with Crippen LogP contribution in [0.5, 0.6) is 5.75 Å². The number of aromatic nitrogens is 2. The predicted molar refractivity (Wildman–Crippen MR) is 138 cm³/mol. The number of hydrogen-bond donors (Lipinski definition) is 2. The van der Waals surface area contributed by atoms with Gasteiger partial charge in [0.2, 0.25) is 0 Å². The molecule has 10 heteroatoms. The molecule has 0 radical (unpaired) electrons. The maximum Gasteiger partial charge on any atom is 0.319 e. The van der Waals surface area contributed by atoms with Crippen molar-refractivity contribution < 1.29 is 19.1 Å². The van der Waals surface area contributed by atoms with Gasteiger partial charge in [-0.15, -0.1) is 0 Å². The van der Waals surface area contributed by atoms with Gasteiger partial charge < -0.3 is 25.0 Å². The maximum atomic E-state index is 13.5. The lowest BCUT2D eigenvalue weighted by Gasteiger charge is -2.36. The summed E-state index contributed by atoms with van der Waals surface area (Å²) in [4.78, 5) is 37.9. The van der Waals surface area contributed by atoms with Crippen LogP contribution >= 0.6 is 0 Å². The molecule has 196 valence electrons. The first kappa shape index (κ1) is 27.3. The van der Waals surface area contributed by atoms with E-state index in [0.717, 1.165) is 12.1 Å². The van der Waals surface area contributed by atoms with Gasteiger partial charge in [-0.2, -0.15) is 0 Å². The summed E-state index contributed by atoms with van der Waals surface area (Å²) in [6.45, 7) is 10.2. The van der Waals surface area contributed by atoms with E-state index in [1.807, 2.05) is 26.2 Å². The highest BCUT2D eigenvalue weighted by atomic mass is 16.5. The van der Waals surface area contributed by atoms with Crippen molar-refractivity contribution in [3.8, 4) is 5.75 Å². The Morgan fingerprint density at radius 3 is 2.61 bits per heavy atom. The van der Waals surface area contributed by atoms with Gasteiger partial charge in [0.1, 0.15) is 18.7 Å². The van der Waals surface area contributed by atoms with Crippen molar-refractivity contribution in [2.75, 3.05) is 39.2 Å². The van der Waals surface area contributed by atoms with Crippen molar-refractivity contribution >= 4 is 17.6 Å². The number of anilines is 1. The van der Waals surface area contributed by atoms with Gasteiger partial charge in [-0.1, -0.05) is 6.92 Å². The van der Waals surface area contributed by atoms with Gasteiger partial charge in [0.25, 0.3) is 5.91 Å². The van der Waals surface area contributed by atoms with E-state index in [9.17, 15) is 9.59 Å². The van der Waals surface area contributed by atoms with Crippen molar-refractivity contribution in [2.24, 2.45) is 5.92 Å². The van der Waals surface area contributed by atoms with E-state index in [1.54, 1.807) is 37.3 Å². The normalized spacial score (nSPS) is 21.7. The lowest BCUT2D eigenvalue weighted by Crippen LogP contribution is -2.46. The number of fused-ring (bicyclic) bond motifs is 1. The first-order valence-electron chi connectivity index (χ1n) is 12.3. The van der Waals surface area contributed by atoms with Gasteiger partial charge in [0.05, 0.1) is 11.7 Å². The average molecular weight is 499 g/mol. The number of carbonyl (C=O) groups is 2. The number of likely N-dealkylation sites (N-methyl/N-ethyl adjacent to an activating group) is 1. The number of methoxy groups -OCH3 is 1. The third-order valence-corrected chi connectivity index (χ3v) is 6.25. The van der Waals surface area contributed by atoms with E-state index in [-0.39, 0.29) is 36.0 Å². The molecule has 3 rings (SSSR count). The topological polar surface area (TPSA) is 109 Å². The number of rotatable bonds is 5. The SMILES string of the molecule is CO[C@H]1CN(C)C(=O)c2cc(NC(=O)NC(C)C)ccc2OC[C@H](C)N(Cc2cncnc2)C[C@H]1C. The third kappa shape index (κ3) is 7.38. The van der Waals surface area contributed by atoms with Gasteiger partial charge in [-0.25, -0.2) is 14.8 Å².